The minimum absolute atomic E-state index is 0.0537. The van der Waals surface area contributed by atoms with E-state index in [0.717, 1.165) is 30.1 Å². The predicted molar refractivity (Wildman–Crippen MR) is 88.5 cm³/mol. The maximum atomic E-state index is 12.9. The summed E-state index contributed by atoms with van der Waals surface area (Å²) >= 11 is 1.60. The van der Waals surface area contributed by atoms with Crippen LogP contribution in [0, 0.1) is 12.3 Å². The monoisotopic (exact) mass is 345 g/mol. The molecule has 2 aliphatic rings. The summed E-state index contributed by atoms with van der Waals surface area (Å²) in [5.74, 6) is 0.109. The van der Waals surface area contributed by atoms with Crippen molar-refractivity contribution < 1.29 is 14.0 Å². The summed E-state index contributed by atoms with van der Waals surface area (Å²) in [5.41, 5.74) is 1.09. The Morgan fingerprint density at radius 3 is 2.96 bits per heavy atom. The lowest BCUT2D eigenvalue weighted by atomic mass is 9.85. The second-order valence-electron chi connectivity index (χ2n) is 6.60. The second kappa shape index (κ2) is 5.73. The standard InChI is InChI=1S/C17H19N3O3S/c1-12-18-14(10-24-12)8-19-5-3-17(16(19)22)4-6-20(11-17)15(21)13-2-7-23-9-13/h2,7,9-10H,3-6,8,11H2,1H3/t17-/m0/s1. The molecule has 0 bridgehead atoms. The first-order chi connectivity index (χ1) is 11.6. The Kier molecular flexibility index (Phi) is 3.68. The molecule has 2 aromatic rings. The van der Waals surface area contributed by atoms with Gasteiger partial charge in [-0.1, -0.05) is 0 Å². The first kappa shape index (κ1) is 15.4. The molecule has 6 nitrogen and oxygen atoms in total. The van der Waals surface area contributed by atoms with Crippen molar-refractivity contribution >= 4 is 23.2 Å². The van der Waals surface area contributed by atoms with Gasteiger partial charge in [-0.2, -0.15) is 0 Å². The zero-order valence-corrected chi connectivity index (χ0v) is 14.3. The van der Waals surface area contributed by atoms with Crippen LogP contribution in [0.3, 0.4) is 0 Å². The Labute approximate surface area is 144 Å². The van der Waals surface area contributed by atoms with E-state index in [-0.39, 0.29) is 11.8 Å². The number of carbonyl (C=O) groups is 2. The molecule has 4 heterocycles. The van der Waals surface area contributed by atoms with Crippen molar-refractivity contribution in [2.24, 2.45) is 5.41 Å². The minimum Gasteiger partial charge on any atom is -0.472 e. The average Bonchev–Trinajstić information content (AvgIpc) is 3.34. The number of amides is 2. The number of hydrogen-bond donors (Lipinski definition) is 0. The maximum Gasteiger partial charge on any atom is 0.257 e. The van der Waals surface area contributed by atoms with Crippen LogP contribution in [0.5, 0.6) is 0 Å². The van der Waals surface area contributed by atoms with E-state index in [2.05, 4.69) is 4.98 Å². The molecule has 0 aliphatic carbocycles. The van der Waals surface area contributed by atoms with Gasteiger partial charge in [0.15, 0.2) is 0 Å². The van der Waals surface area contributed by atoms with Gasteiger partial charge in [0.1, 0.15) is 6.26 Å². The molecule has 0 saturated carbocycles. The third kappa shape index (κ3) is 2.53. The Morgan fingerprint density at radius 2 is 2.25 bits per heavy atom. The highest BCUT2D eigenvalue weighted by atomic mass is 32.1. The number of furan rings is 1. The van der Waals surface area contributed by atoms with Crippen molar-refractivity contribution in [3.63, 3.8) is 0 Å². The van der Waals surface area contributed by atoms with Gasteiger partial charge in [-0.3, -0.25) is 9.59 Å². The van der Waals surface area contributed by atoms with E-state index in [1.165, 1.54) is 12.5 Å². The van der Waals surface area contributed by atoms with E-state index < -0.39 is 5.41 Å². The van der Waals surface area contributed by atoms with Crippen molar-refractivity contribution in [2.75, 3.05) is 19.6 Å². The van der Waals surface area contributed by atoms with Crippen LogP contribution >= 0.6 is 11.3 Å². The molecule has 2 fully saturated rings. The fraction of sp³-hybridized carbons (Fsp3) is 0.471. The Hall–Kier alpha value is -2.15. The van der Waals surface area contributed by atoms with Gasteiger partial charge < -0.3 is 14.2 Å². The lowest BCUT2D eigenvalue weighted by Gasteiger charge is -2.23. The van der Waals surface area contributed by atoms with E-state index in [1.54, 1.807) is 22.3 Å². The first-order valence-corrected chi connectivity index (χ1v) is 8.97. The average molecular weight is 345 g/mol. The minimum atomic E-state index is -0.412. The zero-order chi connectivity index (χ0) is 16.7. The largest absolute Gasteiger partial charge is 0.472 e. The predicted octanol–water partition coefficient (Wildman–Crippen LogP) is 2.31. The molecular weight excluding hydrogens is 326 g/mol. The fourth-order valence-electron chi connectivity index (χ4n) is 3.71. The molecule has 1 spiro atoms. The summed E-state index contributed by atoms with van der Waals surface area (Å²) in [6, 6.07) is 1.67. The molecule has 4 rings (SSSR count). The zero-order valence-electron chi connectivity index (χ0n) is 13.5. The molecular formula is C17H19N3O3S. The first-order valence-electron chi connectivity index (χ1n) is 8.09. The normalized spacial score (nSPS) is 23.6. The van der Waals surface area contributed by atoms with Gasteiger partial charge in [0.05, 0.1) is 34.5 Å². The van der Waals surface area contributed by atoms with Crippen LogP contribution in [0.4, 0.5) is 0 Å². The number of aromatic nitrogens is 1. The van der Waals surface area contributed by atoms with Gasteiger partial charge in [0.25, 0.3) is 5.91 Å². The molecule has 2 aromatic heterocycles. The number of aryl methyl sites for hydroxylation is 1. The van der Waals surface area contributed by atoms with Crippen molar-refractivity contribution in [3.05, 3.63) is 40.2 Å². The molecule has 24 heavy (non-hydrogen) atoms. The van der Waals surface area contributed by atoms with Gasteiger partial charge in [0.2, 0.25) is 5.91 Å². The molecule has 2 saturated heterocycles. The molecule has 0 N–H and O–H groups in total. The Bertz CT molecular complexity index is 770. The molecule has 126 valence electrons. The van der Waals surface area contributed by atoms with Crippen LogP contribution in [0.2, 0.25) is 0 Å². The van der Waals surface area contributed by atoms with E-state index >= 15 is 0 Å². The van der Waals surface area contributed by atoms with E-state index in [4.69, 9.17) is 4.42 Å². The van der Waals surface area contributed by atoms with Gasteiger partial charge in [0, 0.05) is 25.0 Å². The summed E-state index contributed by atoms with van der Waals surface area (Å²) in [6.45, 7) is 4.41. The lowest BCUT2D eigenvalue weighted by Crippen LogP contribution is -2.38. The van der Waals surface area contributed by atoms with Crippen molar-refractivity contribution in [1.29, 1.82) is 0 Å². The summed E-state index contributed by atoms with van der Waals surface area (Å²) in [7, 11) is 0. The van der Waals surface area contributed by atoms with Crippen LogP contribution in [0.25, 0.3) is 0 Å². The molecule has 7 heteroatoms. The van der Waals surface area contributed by atoms with Crippen molar-refractivity contribution in [3.8, 4) is 0 Å². The van der Waals surface area contributed by atoms with Crippen LogP contribution in [-0.2, 0) is 11.3 Å². The highest BCUT2D eigenvalue weighted by molar-refractivity contribution is 7.09. The van der Waals surface area contributed by atoms with Gasteiger partial charge in [-0.05, 0) is 25.8 Å². The molecule has 0 radical (unpaired) electrons. The fourth-order valence-corrected chi connectivity index (χ4v) is 4.32. The summed E-state index contributed by atoms with van der Waals surface area (Å²) < 4.78 is 4.99. The molecule has 0 aromatic carbocycles. The smallest absolute Gasteiger partial charge is 0.257 e. The van der Waals surface area contributed by atoms with Crippen LogP contribution in [-0.4, -0.2) is 46.2 Å². The van der Waals surface area contributed by atoms with E-state index in [9.17, 15) is 9.59 Å². The SMILES string of the molecule is Cc1nc(CN2CC[C@@]3(CCN(C(=O)c4ccoc4)C3)C2=O)cs1. The van der Waals surface area contributed by atoms with E-state index in [1.807, 2.05) is 17.2 Å². The third-order valence-electron chi connectivity index (χ3n) is 5.03. The van der Waals surface area contributed by atoms with E-state index in [0.29, 0.717) is 25.2 Å². The van der Waals surface area contributed by atoms with Crippen molar-refractivity contribution in [1.82, 2.24) is 14.8 Å². The number of nitrogens with zero attached hydrogens (tertiary/aromatic N) is 3. The van der Waals surface area contributed by atoms with Crippen LogP contribution < -0.4 is 0 Å². The molecule has 2 aliphatic heterocycles. The number of likely N-dealkylation sites (tertiary alicyclic amines) is 2. The number of hydrogen-bond acceptors (Lipinski definition) is 5. The van der Waals surface area contributed by atoms with Crippen LogP contribution in [0.15, 0.2) is 28.4 Å². The molecule has 2 amide bonds. The highest BCUT2D eigenvalue weighted by Gasteiger charge is 2.51. The second-order valence-corrected chi connectivity index (χ2v) is 7.67. The topological polar surface area (TPSA) is 66.7 Å². The number of carbonyl (C=O) groups excluding carboxylic acids is 2. The summed E-state index contributed by atoms with van der Waals surface area (Å²) in [4.78, 5) is 33.5. The summed E-state index contributed by atoms with van der Waals surface area (Å²) in [6.07, 6.45) is 4.50. The molecule has 1 atom stereocenters. The van der Waals surface area contributed by atoms with Gasteiger partial charge >= 0.3 is 0 Å². The molecule has 0 unspecified atom stereocenters. The lowest BCUT2D eigenvalue weighted by molar-refractivity contribution is -0.135. The van der Waals surface area contributed by atoms with Crippen LogP contribution in [0.1, 0.15) is 33.9 Å². The van der Waals surface area contributed by atoms with Gasteiger partial charge in [-0.25, -0.2) is 4.98 Å². The number of rotatable bonds is 3. The number of thiazole rings is 1. The van der Waals surface area contributed by atoms with Crippen molar-refractivity contribution in [2.45, 2.75) is 26.3 Å². The Morgan fingerprint density at radius 1 is 1.42 bits per heavy atom. The maximum absolute atomic E-state index is 12.9. The van der Waals surface area contributed by atoms with Gasteiger partial charge in [-0.15, -0.1) is 11.3 Å². The Balaban J connectivity index is 1.45. The quantitative estimate of drug-likeness (QED) is 0.856. The summed E-state index contributed by atoms with van der Waals surface area (Å²) in [5, 5.41) is 3.03. The highest BCUT2D eigenvalue weighted by Crippen LogP contribution is 2.41. The third-order valence-corrected chi connectivity index (χ3v) is 5.85.